The van der Waals surface area contributed by atoms with Crippen molar-refractivity contribution in [2.24, 2.45) is 5.92 Å². The average Bonchev–Trinajstić information content (AvgIpc) is 3.29. The van der Waals surface area contributed by atoms with Crippen molar-refractivity contribution in [3.63, 3.8) is 0 Å². The Hall–Kier alpha value is -3.06. The number of ether oxygens (including phenoxy) is 1. The first-order valence-corrected chi connectivity index (χ1v) is 11.0. The van der Waals surface area contributed by atoms with Crippen LogP contribution in [0.25, 0.3) is 10.4 Å². The molecule has 2 unspecified atom stereocenters. The van der Waals surface area contributed by atoms with Gasteiger partial charge in [-0.05, 0) is 48.1 Å². The smallest absolute Gasteiger partial charge is 0.321 e. The van der Waals surface area contributed by atoms with Crippen LogP contribution in [0.2, 0.25) is 0 Å². The van der Waals surface area contributed by atoms with Crippen LogP contribution in [0.3, 0.4) is 0 Å². The second-order valence-corrected chi connectivity index (χ2v) is 8.85. The molecular weight excluding hydrogens is 398 g/mol. The minimum absolute atomic E-state index is 0.0802. The summed E-state index contributed by atoms with van der Waals surface area (Å²) >= 11 is 1.59. The van der Waals surface area contributed by atoms with E-state index in [-0.39, 0.29) is 23.4 Å². The number of fused-ring (bicyclic) bond motifs is 4. The quantitative estimate of drug-likeness (QED) is 0.688. The van der Waals surface area contributed by atoms with Crippen LogP contribution in [-0.2, 0) is 6.54 Å². The maximum absolute atomic E-state index is 13.1. The topological polar surface area (TPSA) is 63.6 Å². The summed E-state index contributed by atoms with van der Waals surface area (Å²) in [6.45, 7) is 1.91. The number of hydrogen-bond acceptors (Lipinski definition) is 4. The number of thiophene rings is 1. The van der Waals surface area contributed by atoms with E-state index >= 15 is 0 Å². The summed E-state index contributed by atoms with van der Waals surface area (Å²) < 4.78 is 7.27. The second kappa shape index (κ2) is 7.65. The fourth-order valence-electron chi connectivity index (χ4n) is 4.67. The Kier molecular flexibility index (Phi) is 4.83. The number of carbonyl (C=O) groups is 1. The van der Waals surface area contributed by atoms with Gasteiger partial charge in [0.1, 0.15) is 5.75 Å². The maximum atomic E-state index is 13.1. The van der Waals surface area contributed by atoms with Crippen molar-refractivity contribution in [2.75, 3.05) is 25.5 Å². The first-order chi connectivity index (χ1) is 14.6. The summed E-state index contributed by atoms with van der Waals surface area (Å²) in [5.74, 6) is 1.09. The highest BCUT2D eigenvalue weighted by Crippen LogP contribution is 2.36. The van der Waals surface area contributed by atoms with E-state index in [0.29, 0.717) is 31.1 Å². The molecule has 1 aromatic carbocycles. The minimum atomic E-state index is -0.125. The largest absolute Gasteiger partial charge is 0.495 e. The van der Waals surface area contributed by atoms with E-state index in [9.17, 15) is 9.59 Å². The molecule has 7 heteroatoms. The molecule has 3 aromatic rings. The molecule has 5 rings (SSSR count). The molecule has 2 aromatic heterocycles. The molecule has 1 fully saturated rings. The molecule has 2 aliphatic heterocycles. The molecule has 154 valence electrons. The van der Waals surface area contributed by atoms with Gasteiger partial charge in [-0.1, -0.05) is 18.2 Å². The van der Waals surface area contributed by atoms with Crippen molar-refractivity contribution < 1.29 is 9.53 Å². The highest BCUT2D eigenvalue weighted by atomic mass is 32.1. The number of piperidine rings is 1. The Bertz CT molecular complexity index is 1140. The van der Waals surface area contributed by atoms with E-state index in [0.717, 1.165) is 22.6 Å². The number of methoxy groups -OCH3 is 1. The van der Waals surface area contributed by atoms with E-state index in [1.165, 1.54) is 0 Å². The average molecular weight is 422 g/mol. The monoisotopic (exact) mass is 421 g/mol. The SMILES string of the molecule is COc1ccccc1NC(=O)N1CC2CC(C1)c1ccc(-c3cccs3)c(=O)n1C2. The van der Waals surface area contributed by atoms with Gasteiger partial charge in [0, 0.05) is 36.1 Å². The number of likely N-dealkylation sites (tertiary alicyclic amines) is 1. The molecule has 0 saturated carbocycles. The van der Waals surface area contributed by atoms with Crippen molar-refractivity contribution >= 4 is 23.1 Å². The number of aromatic nitrogens is 1. The van der Waals surface area contributed by atoms with Crippen LogP contribution in [-0.4, -0.2) is 35.7 Å². The Balaban J connectivity index is 1.39. The summed E-state index contributed by atoms with van der Waals surface area (Å²) in [6.07, 6.45) is 1.01. The van der Waals surface area contributed by atoms with Crippen LogP contribution in [0.1, 0.15) is 18.0 Å². The fraction of sp³-hybridized carbons (Fsp3) is 0.304. The number of urea groups is 1. The van der Waals surface area contributed by atoms with Gasteiger partial charge >= 0.3 is 6.03 Å². The van der Waals surface area contributed by atoms with Crippen LogP contribution in [0.4, 0.5) is 10.5 Å². The Labute approximate surface area is 178 Å². The van der Waals surface area contributed by atoms with Crippen LogP contribution >= 0.6 is 11.3 Å². The zero-order valence-corrected chi connectivity index (χ0v) is 17.5. The molecule has 0 radical (unpaired) electrons. The standard InChI is InChI=1S/C23H23N3O3S/c1-29-20-6-3-2-5-18(20)24-23(28)25-12-15-11-16(14-25)19-9-8-17(21-7-4-10-30-21)22(27)26(19)13-15/h2-10,15-16H,11-14H2,1H3,(H,24,28). The Morgan fingerprint density at radius 3 is 2.77 bits per heavy atom. The predicted molar refractivity (Wildman–Crippen MR) is 118 cm³/mol. The van der Waals surface area contributed by atoms with Gasteiger partial charge in [-0.2, -0.15) is 0 Å². The number of hydrogen-bond donors (Lipinski definition) is 1. The summed E-state index contributed by atoms with van der Waals surface area (Å²) in [7, 11) is 1.59. The molecule has 1 saturated heterocycles. The number of rotatable bonds is 3. The van der Waals surface area contributed by atoms with E-state index in [1.807, 2.05) is 57.3 Å². The lowest BCUT2D eigenvalue weighted by atomic mass is 9.83. The molecule has 6 nitrogen and oxygen atoms in total. The van der Waals surface area contributed by atoms with Crippen LogP contribution in [0.15, 0.2) is 58.7 Å². The summed E-state index contributed by atoms with van der Waals surface area (Å²) in [6, 6.07) is 15.2. The number of para-hydroxylation sites is 2. The molecule has 4 heterocycles. The van der Waals surface area contributed by atoms with E-state index < -0.39 is 0 Å². The first-order valence-electron chi connectivity index (χ1n) is 10.1. The van der Waals surface area contributed by atoms with Gasteiger partial charge < -0.3 is 19.5 Å². The zero-order chi connectivity index (χ0) is 20.7. The Morgan fingerprint density at radius 1 is 1.10 bits per heavy atom. The first kappa shape index (κ1) is 18.9. The van der Waals surface area contributed by atoms with Crippen molar-refractivity contribution in [1.29, 1.82) is 0 Å². The van der Waals surface area contributed by atoms with E-state index in [1.54, 1.807) is 18.4 Å². The maximum Gasteiger partial charge on any atom is 0.321 e. The Morgan fingerprint density at radius 2 is 1.97 bits per heavy atom. The van der Waals surface area contributed by atoms with Crippen molar-refractivity contribution in [3.05, 3.63) is 70.0 Å². The number of nitrogens with one attached hydrogen (secondary N) is 1. The molecule has 2 aliphatic rings. The highest BCUT2D eigenvalue weighted by Gasteiger charge is 2.37. The van der Waals surface area contributed by atoms with Gasteiger partial charge in [0.15, 0.2) is 0 Å². The van der Waals surface area contributed by atoms with Gasteiger partial charge in [0.2, 0.25) is 0 Å². The third-order valence-corrected chi connectivity index (χ3v) is 6.93. The summed E-state index contributed by atoms with van der Waals surface area (Å²) in [5, 5.41) is 4.97. The predicted octanol–water partition coefficient (Wildman–Crippen LogP) is 4.24. The lowest BCUT2D eigenvalue weighted by Crippen LogP contribution is -2.50. The van der Waals surface area contributed by atoms with Crippen molar-refractivity contribution in [2.45, 2.75) is 18.9 Å². The number of anilines is 1. The van der Waals surface area contributed by atoms with Crippen molar-refractivity contribution in [1.82, 2.24) is 9.47 Å². The van der Waals surface area contributed by atoms with Gasteiger partial charge in [-0.15, -0.1) is 11.3 Å². The number of amides is 2. The third kappa shape index (κ3) is 3.29. The molecule has 0 spiro atoms. The van der Waals surface area contributed by atoms with E-state index in [2.05, 4.69) is 11.4 Å². The van der Waals surface area contributed by atoms with Crippen LogP contribution < -0.4 is 15.6 Å². The van der Waals surface area contributed by atoms with Crippen LogP contribution in [0, 0.1) is 5.92 Å². The zero-order valence-electron chi connectivity index (χ0n) is 16.7. The lowest BCUT2D eigenvalue weighted by Gasteiger charge is -2.42. The molecule has 2 atom stereocenters. The lowest BCUT2D eigenvalue weighted by molar-refractivity contribution is 0.139. The molecule has 0 aliphatic carbocycles. The van der Waals surface area contributed by atoms with Crippen LogP contribution in [0.5, 0.6) is 5.75 Å². The van der Waals surface area contributed by atoms with Gasteiger partial charge in [-0.25, -0.2) is 4.79 Å². The second-order valence-electron chi connectivity index (χ2n) is 7.90. The molecule has 2 amide bonds. The minimum Gasteiger partial charge on any atom is -0.495 e. The normalized spacial score (nSPS) is 19.8. The van der Waals surface area contributed by atoms with Gasteiger partial charge in [0.05, 0.1) is 18.4 Å². The van der Waals surface area contributed by atoms with Gasteiger partial charge in [-0.3, -0.25) is 4.79 Å². The summed E-state index contributed by atoms with van der Waals surface area (Å²) in [5.41, 5.74) is 2.54. The highest BCUT2D eigenvalue weighted by molar-refractivity contribution is 7.13. The summed E-state index contributed by atoms with van der Waals surface area (Å²) in [4.78, 5) is 29.0. The number of pyridine rings is 1. The van der Waals surface area contributed by atoms with Crippen molar-refractivity contribution in [3.8, 4) is 16.2 Å². The molecule has 2 bridgehead atoms. The number of nitrogens with zero attached hydrogens (tertiary/aromatic N) is 2. The fourth-order valence-corrected chi connectivity index (χ4v) is 5.42. The van der Waals surface area contributed by atoms with Gasteiger partial charge in [0.25, 0.3) is 5.56 Å². The number of carbonyl (C=O) groups excluding carboxylic acids is 1. The third-order valence-electron chi connectivity index (χ3n) is 6.03. The van der Waals surface area contributed by atoms with E-state index in [4.69, 9.17) is 4.74 Å². The molecule has 1 N–H and O–H groups in total. The molecular formula is C23H23N3O3S. The number of benzene rings is 1. The molecule has 30 heavy (non-hydrogen) atoms.